The Morgan fingerprint density at radius 3 is 2.74 bits per heavy atom. The summed E-state index contributed by atoms with van der Waals surface area (Å²) in [7, 11) is 0. The average molecular weight is 420 g/mol. The molecule has 0 radical (unpaired) electrons. The first-order valence-corrected chi connectivity index (χ1v) is 9.99. The van der Waals surface area contributed by atoms with Gasteiger partial charge < -0.3 is 23.9 Å². The molecular formula is C22H20N4O5. The van der Waals surface area contributed by atoms with Crippen LogP contribution in [0.2, 0.25) is 0 Å². The number of aromatic amines is 1. The maximum atomic E-state index is 12.0. The van der Waals surface area contributed by atoms with E-state index in [1.165, 1.54) is 6.33 Å². The maximum absolute atomic E-state index is 12.0. The van der Waals surface area contributed by atoms with E-state index in [-0.39, 0.29) is 11.7 Å². The van der Waals surface area contributed by atoms with Gasteiger partial charge in [-0.15, -0.1) is 0 Å². The van der Waals surface area contributed by atoms with Gasteiger partial charge in [0.15, 0.2) is 11.5 Å². The standard InChI is InChI=1S/C14H14N2O5.C8H6N2/c17-14-11-9(15-7-16-14)5-10(21-8-1-2-18-6-8)12-13(11)20-4-3-19-12;1-2-4-8-7(3-1)5-9-6-10-8/h5,7-8H,1-4,6H2,(H,15,16,17);1-6H. The van der Waals surface area contributed by atoms with Crippen molar-refractivity contribution in [3.8, 4) is 17.2 Å². The fraction of sp³-hybridized carbons (Fsp3) is 0.273. The van der Waals surface area contributed by atoms with Gasteiger partial charge in [-0.3, -0.25) is 4.79 Å². The summed E-state index contributed by atoms with van der Waals surface area (Å²) in [4.78, 5) is 26.7. The topological polar surface area (TPSA) is 108 Å². The number of hydrogen-bond donors (Lipinski definition) is 1. The Bertz CT molecular complexity index is 1200. The van der Waals surface area contributed by atoms with Crippen LogP contribution in [0.1, 0.15) is 6.42 Å². The van der Waals surface area contributed by atoms with Crippen molar-refractivity contribution in [2.24, 2.45) is 0 Å². The van der Waals surface area contributed by atoms with Gasteiger partial charge in [0.2, 0.25) is 5.75 Å². The molecule has 0 spiro atoms. The van der Waals surface area contributed by atoms with Gasteiger partial charge in [0.1, 0.15) is 31.0 Å². The lowest BCUT2D eigenvalue weighted by Gasteiger charge is -2.23. The molecule has 2 aliphatic heterocycles. The Morgan fingerprint density at radius 1 is 1.03 bits per heavy atom. The zero-order valence-corrected chi connectivity index (χ0v) is 16.6. The van der Waals surface area contributed by atoms with Crippen LogP contribution in [0.15, 0.2) is 54.0 Å². The second-order valence-electron chi connectivity index (χ2n) is 7.04. The molecule has 31 heavy (non-hydrogen) atoms. The monoisotopic (exact) mass is 420 g/mol. The van der Waals surface area contributed by atoms with Gasteiger partial charge in [0.05, 0.1) is 30.6 Å². The van der Waals surface area contributed by atoms with Crippen molar-refractivity contribution in [3.63, 3.8) is 0 Å². The highest BCUT2D eigenvalue weighted by molar-refractivity contribution is 5.89. The molecular weight excluding hydrogens is 400 g/mol. The molecule has 0 bridgehead atoms. The van der Waals surface area contributed by atoms with Gasteiger partial charge in [-0.1, -0.05) is 18.2 Å². The minimum atomic E-state index is -0.252. The molecule has 2 aromatic carbocycles. The van der Waals surface area contributed by atoms with Crippen LogP contribution in [-0.2, 0) is 4.74 Å². The van der Waals surface area contributed by atoms with Crippen LogP contribution in [0.4, 0.5) is 0 Å². The largest absolute Gasteiger partial charge is 0.485 e. The third-order valence-corrected chi connectivity index (χ3v) is 4.98. The van der Waals surface area contributed by atoms with E-state index in [0.717, 1.165) is 17.3 Å². The number of aromatic nitrogens is 4. The first-order valence-electron chi connectivity index (χ1n) is 9.99. The molecule has 0 aliphatic carbocycles. The van der Waals surface area contributed by atoms with E-state index in [1.54, 1.807) is 12.4 Å². The average Bonchev–Trinajstić information content (AvgIpc) is 3.33. The smallest absolute Gasteiger partial charge is 0.262 e. The highest BCUT2D eigenvalue weighted by Crippen LogP contribution is 2.44. The second kappa shape index (κ2) is 8.57. The minimum absolute atomic E-state index is 0.0147. The van der Waals surface area contributed by atoms with Crippen molar-refractivity contribution < 1.29 is 18.9 Å². The van der Waals surface area contributed by atoms with Crippen LogP contribution in [0, 0.1) is 0 Å². The highest BCUT2D eigenvalue weighted by atomic mass is 16.6. The van der Waals surface area contributed by atoms with Crippen molar-refractivity contribution in [3.05, 3.63) is 59.5 Å². The molecule has 1 saturated heterocycles. The van der Waals surface area contributed by atoms with Crippen LogP contribution in [0.25, 0.3) is 21.8 Å². The molecule has 4 aromatic rings. The summed E-state index contributed by atoms with van der Waals surface area (Å²) in [6.45, 7) is 2.06. The summed E-state index contributed by atoms with van der Waals surface area (Å²) in [6, 6.07) is 9.63. The molecule has 158 valence electrons. The van der Waals surface area contributed by atoms with Crippen LogP contribution in [0.3, 0.4) is 0 Å². The summed E-state index contributed by atoms with van der Waals surface area (Å²) < 4.78 is 22.5. The summed E-state index contributed by atoms with van der Waals surface area (Å²) in [5.74, 6) is 1.42. The molecule has 9 nitrogen and oxygen atoms in total. The zero-order chi connectivity index (χ0) is 21.0. The van der Waals surface area contributed by atoms with Gasteiger partial charge in [-0.2, -0.15) is 0 Å². The molecule has 4 heterocycles. The summed E-state index contributed by atoms with van der Waals surface area (Å²) in [5, 5.41) is 1.48. The molecule has 1 unspecified atom stereocenters. The molecule has 0 saturated carbocycles. The van der Waals surface area contributed by atoms with Crippen molar-refractivity contribution in [2.45, 2.75) is 12.5 Å². The molecule has 0 amide bonds. The molecule has 1 atom stereocenters. The Kier molecular flexibility index (Phi) is 5.32. The van der Waals surface area contributed by atoms with Crippen molar-refractivity contribution >= 4 is 21.8 Å². The minimum Gasteiger partial charge on any atom is -0.485 e. The summed E-state index contributed by atoms with van der Waals surface area (Å²) in [6.07, 6.45) is 5.55. The molecule has 6 rings (SSSR count). The Hall–Kier alpha value is -3.72. The zero-order valence-electron chi connectivity index (χ0n) is 16.6. The number of hydrogen-bond acceptors (Lipinski definition) is 8. The summed E-state index contributed by atoms with van der Waals surface area (Å²) >= 11 is 0. The van der Waals surface area contributed by atoms with E-state index in [9.17, 15) is 4.79 Å². The first-order chi connectivity index (χ1) is 15.3. The Labute approximate surface area is 177 Å². The lowest BCUT2D eigenvalue weighted by molar-refractivity contribution is 0.128. The van der Waals surface area contributed by atoms with Gasteiger partial charge in [-0.05, 0) is 6.07 Å². The van der Waals surface area contributed by atoms with E-state index in [0.29, 0.717) is 54.6 Å². The normalized spacial score (nSPS) is 17.2. The van der Waals surface area contributed by atoms with Gasteiger partial charge in [0, 0.05) is 24.1 Å². The Morgan fingerprint density at radius 2 is 1.90 bits per heavy atom. The lowest BCUT2D eigenvalue weighted by atomic mass is 10.2. The molecule has 2 aliphatic rings. The predicted molar refractivity (Wildman–Crippen MR) is 113 cm³/mol. The van der Waals surface area contributed by atoms with Gasteiger partial charge in [0.25, 0.3) is 5.56 Å². The van der Waals surface area contributed by atoms with E-state index < -0.39 is 0 Å². The SMILES string of the molecule is O=c1[nH]cnc2cc(OC3CCOC3)c3c(c12)OCCO3.c1ccc2ncncc2c1. The highest BCUT2D eigenvalue weighted by Gasteiger charge is 2.26. The third kappa shape index (κ3) is 3.99. The van der Waals surface area contributed by atoms with E-state index in [2.05, 4.69) is 19.9 Å². The van der Waals surface area contributed by atoms with Gasteiger partial charge >= 0.3 is 0 Å². The van der Waals surface area contributed by atoms with E-state index in [1.807, 2.05) is 30.5 Å². The number of para-hydroxylation sites is 1. The fourth-order valence-electron chi connectivity index (χ4n) is 3.52. The van der Waals surface area contributed by atoms with E-state index >= 15 is 0 Å². The fourth-order valence-corrected chi connectivity index (χ4v) is 3.52. The van der Waals surface area contributed by atoms with Gasteiger partial charge in [-0.25, -0.2) is 15.0 Å². The maximum Gasteiger partial charge on any atom is 0.262 e. The van der Waals surface area contributed by atoms with Crippen molar-refractivity contribution in [1.29, 1.82) is 0 Å². The molecule has 2 aromatic heterocycles. The Balaban J connectivity index is 0.000000171. The van der Waals surface area contributed by atoms with Crippen molar-refractivity contribution in [1.82, 2.24) is 19.9 Å². The van der Waals surface area contributed by atoms with Crippen LogP contribution < -0.4 is 19.8 Å². The number of rotatable bonds is 2. The third-order valence-electron chi connectivity index (χ3n) is 4.98. The quantitative estimate of drug-likeness (QED) is 0.527. The number of H-pyrrole nitrogens is 1. The van der Waals surface area contributed by atoms with E-state index in [4.69, 9.17) is 18.9 Å². The number of fused-ring (bicyclic) bond motifs is 4. The van der Waals surface area contributed by atoms with Crippen LogP contribution in [-0.4, -0.2) is 52.5 Å². The number of nitrogens with zero attached hydrogens (tertiary/aromatic N) is 3. The second-order valence-corrected chi connectivity index (χ2v) is 7.04. The lowest BCUT2D eigenvalue weighted by Crippen LogP contribution is -2.21. The number of nitrogens with one attached hydrogen (secondary N) is 1. The predicted octanol–water partition coefficient (Wildman–Crippen LogP) is 2.49. The molecule has 1 fully saturated rings. The van der Waals surface area contributed by atoms with Crippen LogP contribution in [0.5, 0.6) is 17.2 Å². The number of benzene rings is 2. The first kappa shape index (κ1) is 19.3. The van der Waals surface area contributed by atoms with Crippen molar-refractivity contribution in [2.75, 3.05) is 26.4 Å². The summed E-state index contributed by atoms with van der Waals surface area (Å²) in [5.41, 5.74) is 1.27. The van der Waals surface area contributed by atoms with Crippen LogP contribution >= 0.6 is 0 Å². The molecule has 1 N–H and O–H groups in total. The molecule has 9 heteroatoms. The number of ether oxygens (including phenoxy) is 4.